The molecule has 0 saturated heterocycles. The summed E-state index contributed by atoms with van der Waals surface area (Å²) in [7, 11) is 3.86. The van der Waals surface area contributed by atoms with Gasteiger partial charge in [-0.05, 0) is 38.4 Å². The molecule has 3 heterocycles. The lowest BCUT2D eigenvalue weighted by Crippen LogP contribution is -2.23. The van der Waals surface area contributed by atoms with Crippen LogP contribution in [0.1, 0.15) is 10.4 Å². The van der Waals surface area contributed by atoms with E-state index < -0.39 is 5.76 Å². The van der Waals surface area contributed by atoms with Crippen molar-refractivity contribution in [2.45, 2.75) is 6.54 Å². The second kappa shape index (κ2) is 7.14. The average molecular weight is 400 g/mol. The number of aromatic amines is 1. The van der Waals surface area contributed by atoms with E-state index in [2.05, 4.69) is 15.3 Å². The molecule has 4 aromatic rings. The Hall–Kier alpha value is -3.10. The number of benzene rings is 1. The number of rotatable bonds is 5. The highest BCUT2D eigenvalue weighted by molar-refractivity contribution is 6.36. The molecule has 0 radical (unpaired) electrons. The summed E-state index contributed by atoms with van der Waals surface area (Å²) >= 11 is 6.22. The fourth-order valence-electron chi connectivity index (χ4n) is 3.05. The van der Waals surface area contributed by atoms with Gasteiger partial charge in [-0.2, -0.15) is 0 Å². The van der Waals surface area contributed by atoms with Crippen LogP contribution < -0.4 is 11.1 Å². The molecule has 8 nitrogen and oxygen atoms in total. The van der Waals surface area contributed by atoms with Gasteiger partial charge in [0.1, 0.15) is 5.65 Å². The molecule has 0 unspecified atom stereocenters. The predicted molar refractivity (Wildman–Crippen MR) is 108 cm³/mol. The number of carbonyl (C=O) groups excluding carboxylic acids is 1. The number of nitrogens with zero attached hydrogens (tertiary/aromatic N) is 3. The number of likely N-dealkylation sites (N-methyl/N-ethyl adjacent to an activating group) is 1. The largest absolute Gasteiger partial charge is 0.419 e. The number of carbonyl (C=O) groups is 1. The second-order valence-electron chi connectivity index (χ2n) is 6.68. The Morgan fingerprint density at radius 2 is 2.18 bits per heavy atom. The minimum Gasteiger partial charge on any atom is -0.408 e. The van der Waals surface area contributed by atoms with Crippen LogP contribution in [0.5, 0.6) is 0 Å². The molecule has 0 spiro atoms. The van der Waals surface area contributed by atoms with Gasteiger partial charge in [0.15, 0.2) is 5.58 Å². The third-order valence-electron chi connectivity index (χ3n) is 4.46. The van der Waals surface area contributed by atoms with E-state index in [4.69, 9.17) is 16.0 Å². The lowest BCUT2D eigenvalue weighted by Gasteiger charge is -2.10. The van der Waals surface area contributed by atoms with Crippen LogP contribution in [-0.4, -0.2) is 46.0 Å². The zero-order valence-electron chi connectivity index (χ0n) is 15.3. The molecule has 28 heavy (non-hydrogen) atoms. The number of amides is 1. The summed E-state index contributed by atoms with van der Waals surface area (Å²) < 4.78 is 6.84. The van der Waals surface area contributed by atoms with E-state index in [1.54, 1.807) is 41.2 Å². The second-order valence-corrected chi connectivity index (χ2v) is 7.09. The molecule has 3 aromatic heterocycles. The first-order valence-corrected chi connectivity index (χ1v) is 9.03. The predicted octanol–water partition coefficient (Wildman–Crippen LogP) is 2.94. The molecule has 0 bridgehead atoms. The van der Waals surface area contributed by atoms with E-state index in [1.807, 2.05) is 19.0 Å². The minimum absolute atomic E-state index is 0.328. The zero-order chi connectivity index (χ0) is 19.8. The molecule has 0 aliphatic rings. The van der Waals surface area contributed by atoms with Crippen molar-refractivity contribution >= 4 is 45.3 Å². The Bertz CT molecular complexity index is 1240. The minimum atomic E-state index is -0.421. The van der Waals surface area contributed by atoms with Crippen LogP contribution in [0.25, 0.3) is 22.1 Å². The number of pyridine rings is 1. The maximum atomic E-state index is 12.8. The number of nitrogens with one attached hydrogen (secondary N) is 2. The van der Waals surface area contributed by atoms with Gasteiger partial charge >= 0.3 is 5.76 Å². The highest BCUT2D eigenvalue weighted by Gasteiger charge is 2.17. The van der Waals surface area contributed by atoms with E-state index in [0.29, 0.717) is 51.5 Å². The number of hydrogen-bond acceptors (Lipinski definition) is 5. The van der Waals surface area contributed by atoms with Crippen molar-refractivity contribution in [2.75, 3.05) is 26.0 Å². The molecule has 0 aliphatic carbocycles. The van der Waals surface area contributed by atoms with Gasteiger partial charge in [-0.3, -0.25) is 9.36 Å². The molecule has 144 valence electrons. The fourth-order valence-corrected chi connectivity index (χ4v) is 3.29. The van der Waals surface area contributed by atoms with Crippen LogP contribution in [0.4, 0.5) is 5.69 Å². The zero-order valence-corrected chi connectivity index (χ0v) is 16.1. The summed E-state index contributed by atoms with van der Waals surface area (Å²) in [4.78, 5) is 34.0. The van der Waals surface area contributed by atoms with Crippen molar-refractivity contribution in [2.24, 2.45) is 0 Å². The van der Waals surface area contributed by atoms with Crippen LogP contribution >= 0.6 is 11.6 Å². The van der Waals surface area contributed by atoms with Gasteiger partial charge in [-0.15, -0.1) is 0 Å². The lowest BCUT2D eigenvalue weighted by atomic mass is 10.2. The molecule has 0 fully saturated rings. The third kappa shape index (κ3) is 3.28. The van der Waals surface area contributed by atoms with E-state index in [-0.39, 0.29) is 5.91 Å². The number of hydrogen-bond donors (Lipinski definition) is 2. The Morgan fingerprint density at radius 1 is 1.36 bits per heavy atom. The fraction of sp³-hybridized carbons (Fsp3) is 0.211. The van der Waals surface area contributed by atoms with E-state index >= 15 is 0 Å². The number of anilines is 1. The van der Waals surface area contributed by atoms with Gasteiger partial charge in [-0.1, -0.05) is 11.6 Å². The highest BCUT2D eigenvalue weighted by atomic mass is 35.5. The van der Waals surface area contributed by atoms with Gasteiger partial charge in [0.25, 0.3) is 5.91 Å². The average Bonchev–Trinajstić information content (AvgIpc) is 3.21. The SMILES string of the molecule is CN(C)CCn1c(=O)oc2ccc(NC(=O)c3c[nH]c4nccc(Cl)c34)cc21. The van der Waals surface area contributed by atoms with Crippen molar-refractivity contribution in [3.05, 3.63) is 57.8 Å². The normalized spacial score (nSPS) is 11.6. The van der Waals surface area contributed by atoms with E-state index in [1.165, 1.54) is 0 Å². The van der Waals surface area contributed by atoms with Gasteiger partial charge in [0, 0.05) is 31.2 Å². The molecule has 2 N–H and O–H groups in total. The van der Waals surface area contributed by atoms with Gasteiger partial charge in [0.05, 0.1) is 21.5 Å². The Labute approximate surface area is 164 Å². The monoisotopic (exact) mass is 399 g/mol. The summed E-state index contributed by atoms with van der Waals surface area (Å²) in [6.07, 6.45) is 3.14. The van der Waals surface area contributed by atoms with Crippen LogP contribution in [0, 0.1) is 0 Å². The molecule has 4 rings (SSSR count). The molecular formula is C19H18ClN5O3. The van der Waals surface area contributed by atoms with Gasteiger partial charge in [-0.25, -0.2) is 9.78 Å². The van der Waals surface area contributed by atoms with Crippen LogP contribution in [0.2, 0.25) is 5.02 Å². The van der Waals surface area contributed by atoms with Crippen LogP contribution in [0.15, 0.2) is 45.9 Å². The Kier molecular flexibility index (Phi) is 4.66. The third-order valence-corrected chi connectivity index (χ3v) is 4.78. The molecular weight excluding hydrogens is 382 g/mol. The Morgan fingerprint density at radius 3 is 2.96 bits per heavy atom. The maximum Gasteiger partial charge on any atom is 0.419 e. The summed E-state index contributed by atoms with van der Waals surface area (Å²) in [5.41, 5.74) is 2.58. The van der Waals surface area contributed by atoms with Crippen LogP contribution in [-0.2, 0) is 6.54 Å². The van der Waals surface area contributed by atoms with Gasteiger partial charge in [0.2, 0.25) is 0 Å². The molecule has 1 aromatic carbocycles. The number of halogens is 1. The first-order chi connectivity index (χ1) is 13.4. The first kappa shape index (κ1) is 18.3. The molecule has 1 amide bonds. The number of H-pyrrole nitrogens is 1. The quantitative estimate of drug-likeness (QED) is 0.538. The summed E-state index contributed by atoms with van der Waals surface area (Å²) in [6, 6.07) is 6.72. The maximum absolute atomic E-state index is 12.8. The summed E-state index contributed by atoms with van der Waals surface area (Å²) in [6.45, 7) is 1.17. The van der Waals surface area contributed by atoms with Crippen molar-refractivity contribution in [3.63, 3.8) is 0 Å². The van der Waals surface area contributed by atoms with Gasteiger partial charge < -0.3 is 19.6 Å². The molecule has 0 saturated carbocycles. The number of aromatic nitrogens is 3. The summed E-state index contributed by atoms with van der Waals surface area (Å²) in [5.74, 6) is -0.749. The lowest BCUT2D eigenvalue weighted by molar-refractivity contribution is 0.102. The van der Waals surface area contributed by atoms with Crippen molar-refractivity contribution in [1.29, 1.82) is 0 Å². The van der Waals surface area contributed by atoms with Crippen molar-refractivity contribution in [1.82, 2.24) is 19.4 Å². The highest BCUT2D eigenvalue weighted by Crippen LogP contribution is 2.26. The number of oxazole rings is 1. The smallest absolute Gasteiger partial charge is 0.408 e. The number of fused-ring (bicyclic) bond motifs is 2. The van der Waals surface area contributed by atoms with Crippen molar-refractivity contribution < 1.29 is 9.21 Å². The first-order valence-electron chi connectivity index (χ1n) is 8.65. The molecule has 9 heteroatoms. The summed E-state index contributed by atoms with van der Waals surface area (Å²) in [5, 5.41) is 3.85. The molecule has 0 aliphatic heterocycles. The van der Waals surface area contributed by atoms with E-state index in [0.717, 1.165) is 0 Å². The topological polar surface area (TPSA) is 96.2 Å². The van der Waals surface area contributed by atoms with E-state index in [9.17, 15) is 9.59 Å². The van der Waals surface area contributed by atoms with Crippen LogP contribution in [0.3, 0.4) is 0 Å². The Balaban J connectivity index is 1.66. The standard InChI is InChI=1S/C19H18ClN5O3/c1-24(2)7-8-25-14-9-11(3-4-15(14)28-19(25)27)23-18(26)12-10-22-17-16(12)13(20)5-6-21-17/h3-6,9-10H,7-8H2,1-2H3,(H,21,22)(H,23,26). The molecule has 0 atom stereocenters. The van der Waals surface area contributed by atoms with Crippen molar-refractivity contribution in [3.8, 4) is 0 Å².